The van der Waals surface area contributed by atoms with Crippen molar-refractivity contribution in [3.05, 3.63) is 12.2 Å². The molecule has 0 heterocycles. The molecule has 0 aromatic carbocycles. The first-order valence-corrected chi connectivity index (χ1v) is 3.31. The number of hydrogen-bond acceptors (Lipinski definition) is 2. The van der Waals surface area contributed by atoms with Crippen LogP contribution in [0.15, 0.2) is 12.2 Å². The standard InChI is InChI=1S/C8H11NO/c1-2-3-5-8(10)6-4-7-9/h2-3H,4-6H2,1H3/b3-2-. The summed E-state index contributed by atoms with van der Waals surface area (Å²) in [7, 11) is 0. The van der Waals surface area contributed by atoms with Crippen molar-refractivity contribution in [3.63, 3.8) is 0 Å². The molecule has 0 aromatic heterocycles. The lowest BCUT2D eigenvalue weighted by atomic mass is 10.2. The van der Waals surface area contributed by atoms with Crippen molar-refractivity contribution in [2.24, 2.45) is 0 Å². The maximum absolute atomic E-state index is 10.8. The van der Waals surface area contributed by atoms with E-state index in [1.54, 1.807) is 6.08 Å². The zero-order valence-electron chi connectivity index (χ0n) is 6.13. The van der Waals surface area contributed by atoms with E-state index in [9.17, 15) is 4.79 Å². The topological polar surface area (TPSA) is 40.9 Å². The summed E-state index contributed by atoms with van der Waals surface area (Å²) < 4.78 is 0. The highest BCUT2D eigenvalue weighted by Gasteiger charge is 1.96. The Balaban J connectivity index is 3.37. The van der Waals surface area contributed by atoms with Crippen LogP contribution in [0.25, 0.3) is 0 Å². The number of Topliss-reactive ketones (excluding diaryl/α,β-unsaturated/α-hetero) is 1. The van der Waals surface area contributed by atoms with Gasteiger partial charge in [-0.3, -0.25) is 4.79 Å². The summed E-state index contributed by atoms with van der Waals surface area (Å²) in [5.74, 6) is 0.139. The Labute approximate surface area is 61.2 Å². The molecule has 0 unspecified atom stereocenters. The Morgan fingerprint density at radius 1 is 1.70 bits per heavy atom. The van der Waals surface area contributed by atoms with E-state index >= 15 is 0 Å². The van der Waals surface area contributed by atoms with Gasteiger partial charge >= 0.3 is 0 Å². The van der Waals surface area contributed by atoms with E-state index in [1.807, 2.05) is 19.1 Å². The molecule has 0 aliphatic heterocycles. The lowest BCUT2D eigenvalue weighted by molar-refractivity contribution is -0.118. The third-order valence-electron chi connectivity index (χ3n) is 1.10. The van der Waals surface area contributed by atoms with Crippen LogP contribution in [0.3, 0.4) is 0 Å². The molecule has 2 heteroatoms. The minimum absolute atomic E-state index is 0.139. The highest BCUT2D eigenvalue weighted by molar-refractivity contribution is 5.79. The predicted octanol–water partition coefficient (Wildman–Crippen LogP) is 1.83. The minimum Gasteiger partial charge on any atom is -0.299 e. The number of carbonyl (C=O) groups is 1. The van der Waals surface area contributed by atoms with Crippen LogP contribution in [-0.2, 0) is 4.79 Å². The van der Waals surface area contributed by atoms with Crippen molar-refractivity contribution in [1.29, 1.82) is 5.26 Å². The van der Waals surface area contributed by atoms with E-state index in [4.69, 9.17) is 5.26 Å². The summed E-state index contributed by atoms with van der Waals surface area (Å²) in [6, 6.07) is 1.93. The fourth-order valence-electron chi connectivity index (χ4n) is 0.547. The molecule has 0 spiro atoms. The Morgan fingerprint density at radius 2 is 2.40 bits per heavy atom. The molecule has 0 saturated heterocycles. The molecule has 0 atom stereocenters. The fraction of sp³-hybridized carbons (Fsp3) is 0.500. The van der Waals surface area contributed by atoms with Gasteiger partial charge in [0.05, 0.1) is 6.07 Å². The van der Waals surface area contributed by atoms with E-state index in [0.29, 0.717) is 19.3 Å². The van der Waals surface area contributed by atoms with E-state index in [0.717, 1.165) is 0 Å². The van der Waals surface area contributed by atoms with Gasteiger partial charge in [0.25, 0.3) is 0 Å². The minimum atomic E-state index is 0.139. The Kier molecular flexibility index (Phi) is 5.36. The van der Waals surface area contributed by atoms with Crippen molar-refractivity contribution in [2.45, 2.75) is 26.2 Å². The molecule has 0 radical (unpaired) electrons. The first-order chi connectivity index (χ1) is 4.81. The maximum Gasteiger partial charge on any atom is 0.137 e. The highest BCUT2D eigenvalue weighted by Crippen LogP contribution is 1.94. The van der Waals surface area contributed by atoms with Gasteiger partial charge in [-0.05, 0) is 6.92 Å². The molecule has 0 saturated carbocycles. The quantitative estimate of drug-likeness (QED) is 0.554. The lowest BCUT2D eigenvalue weighted by Gasteiger charge is -1.88. The largest absolute Gasteiger partial charge is 0.299 e. The number of hydrogen-bond donors (Lipinski definition) is 0. The molecule has 0 N–H and O–H groups in total. The second-order valence-corrected chi connectivity index (χ2v) is 1.97. The SMILES string of the molecule is C/C=C\CC(=O)CCC#N. The summed E-state index contributed by atoms with van der Waals surface area (Å²) >= 11 is 0. The molecule has 10 heavy (non-hydrogen) atoms. The third kappa shape index (κ3) is 5.04. The first kappa shape index (κ1) is 8.90. The molecule has 54 valence electrons. The molecule has 0 bridgehead atoms. The van der Waals surface area contributed by atoms with Gasteiger partial charge in [-0.15, -0.1) is 0 Å². The number of allylic oxidation sites excluding steroid dienone is 2. The van der Waals surface area contributed by atoms with E-state index in [2.05, 4.69) is 0 Å². The number of rotatable bonds is 4. The van der Waals surface area contributed by atoms with Crippen LogP contribution in [0, 0.1) is 11.3 Å². The van der Waals surface area contributed by atoms with Gasteiger partial charge in [0.1, 0.15) is 5.78 Å². The van der Waals surface area contributed by atoms with E-state index < -0.39 is 0 Å². The van der Waals surface area contributed by atoms with Crippen molar-refractivity contribution in [3.8, 4) is 6.07 Å². The summed E-state index contributed by atoms with van der Waals surface area (Å²) in [5, 5.41) is 8.12. The number of carbonyl (C=O) groups excluding carboxylic acids is 1. The molecular weight excluding hydrogens is 126 g/mol. The van der Waals surface area contributed by atoms with Crippen LogP contribution in [0.5, 0.6) is 0 Å². The van der Waals surface area contributed by atoms with Gasteiger partial charge in [0, 0.05) is 19.3 Å². The van der Waals surface area contributed by atoms with Crippen LogP contribution < -0.4 is 0 Å². The zero-order valence-corrected chi connectivity index (χ0v) is 6.13. The Hall–Kier alpha value is -1.10. The molecule has 0 aliphatic rings. The van der Waals surface area contributed by atoms with Crippen LogP contribution in [0.1, 0.15) is 26.2 Å². The van der Waals surface area contributed by atoms with Crippen LogP contribution in [-0.4, -0.2) is 5.78 Å². The third-order valence-corrected chi connectivity index (χ3v) is 1.10. The Bertz CT molecular complexity index is 165. The average molecular weight is 137 g/mol. The lowest BCUT2D eigenvalue weighted by Crippen LogP contribution is -1.93. The molecule has 0 rings (SSSR count). The Morgan fingerprint density at radius 3 is 2.90 bits per heavy atom. The van der Waals surface area contributed by atoms with Gasteiger partial charge in [-0.1, -0.05) is 12.2 Å². The van der Waals surface area contributed by atoms with Gasteiger partial charge in [0.2, 0.25) is 0 Å². The molecular formula is C8H11NO. The fourth-order valence-corrected chi connectivity index (χ4v) is 0.547. The summed E-state index contributed by atoms with van der Waals surface area (Å²) in [6.45, 7) is 1.87. The predicted molar refractivity (Wildman–Crippen MR) is 39.3 cm³/mol. The summed E-state index contributed by atoms with van der Waals surface area (Å²) in [5.41, 5.74) is 0. The van der Waals surface area contributed by atoms with Crippen LogP contribution in [0.2, 0.25) is 0 Å². The molecule has 2 nitrogen and oxygen atoms in total. The summed E-state index contributed by atoms with van der Waals surface area (Å²) in [4.78, 5) is 10.8. The molecule has 0 aromatic rings. The number of nitrogens with zero attached hydrogens (tertiary/aromatic N) is 1. The maximum atomic E-state index is 10.8. The van der Waals surface area contributed by atoms with Crippen molar-refractivity contribution >= 4 is 5.78 Å². The van der Waals surface area contributed by atoms with Crippen molar-refractivity contribution in [2.75, 3.05) is 0 Å². The highest BCUT2D eigenvalue weighted by atomic mass is 16.1. The second kappa shape index (κ2) is 6.03. The second-order valence-electron chi connectivity index (χ2n) is 1.97. The number of ketones is 1. The smallest absolute Gasteiger partial charge is 0.137 e. The zero-order chi connectivity index (χ0) is 7.82. The van der Waals surface area contributed by atoms with E-state index in [1.165, 1.54) is 0 Å². The normalized spacial score (nSPS) is 9.60. The molecule has 0 amide bonds. The van der Waals surface area contributed by atoms with Gasteiger partial charge < -0.3 is 0 Å². The van der Waals surface area contributed by atoms with Gasteiger partial charge in [-0.2, -0.15) is 5.26 Å². The van der Waals surface area contributed by atoms with Gasteiger partial charge in [0.15, 0.2) is 0 Å². The van der Waals surface area contributed by atoms with E-state index in [-0.39, 0.29) is 5.78 Å². The van der Waals surface area contributed by atoms with Crippen LogP contribution >= 0.6 is 0 Å². The van der Waals surface area contributed by atoms with Crippen molar-refractivity contribution in [1.82, 2.24) is 0 Å². The molecule has 0 aliphatic carbocycles. The summed E-state index contributed by atoms with van der Waals surface area (Å²) in [6.07, 6.45) is 4.85. The van der Waals surface area contributed by atoms with Crippen LogP contribution in [0.4, 0.5) is 0 Å². The monoisotopic (exact) mass is 137 g/mol. The number of nitriles is 1. The first-order valence-electron chi connectivity index (χ1n) is 3.31. The molecule has 0 fully saturated rings. The average Bonchev–Trinajstić information content (AvgIpc) is 1.97. The van der Waals surface area contributed by atoms with Gasteiger partial charge in [-0.25, -0.2) is 0 Å². The van der Waals surface area contributed by atoms with Crippen molar-refractivity contribution < 1.29 is 4.79 Å².